The largest absolute Gasteiger partial charge is 0.351 e. The van der Waals surface area contributed by atoms with Crippen LogP contribution in [-0.4, -0.2) is 22.0 Å². The number of benzene rings is 2. The lowest BCUT2D eigenvalue weighted by Crippen LogP contribution is -2.27. The predicted molar refractivity (Wildman–Crippen MR) is 95.0 cm³/mol. The van der Waals surface area contributed by atoms with Gasteiger partial charge in [-0.15, -0.1) is 0 Å². The van der Waals surface area contributed by atoms with Gasteiger partial charge >= 0.3 is 0 Å². The number of aromatic nitrogens is 2. The summed E-state index contributed by atoms with van der Waals surface area (Å²) in [5.74, 6) is 0.252. The lowest BCUT2D eigenvalue weighted by molar-refractivity contribution is 0.0951. The van der Waals surface area contributed by atoms with Crippen LogP contribution in [0.1, 0.15) is 34.3 Å². The minimum Gasteiger partial charge on any atom is -0.351 e. The summed E-state index contributed by atoms with van der Waals surface area (Å²) < 4.78 is 2.00. The van der Waals surface area contributed by atoms with Crippen LogP contribution in [-0.2, 0) is 6.54 Å². The van der Waals surface area contributed by atoms with E-state index in [4.69, 9.17) is 0 Å². The maximum Gasteiger partial charge on any atom is 0.251 e. The Bertz CT molecular complexity index is 764. The highest BCUT2D eigenvalue weighted by Gasteiger charge is 2.09. The Labute approximate surface area is 142 Å². The van der Waals surface area contributed by atoms with Gasteiger partial charge in [-0.1, -0.05) is 49.4 Å². The van der Waals surface area contributed by atoms with Gasteiger partial charge in [0.1, 0.15) is 0 Å². The molecule has 0 radical (unpaired) electrons. The number of imidazole rings is 1. The molecule has 1 unspecified atom stereocenters. The van der Waals surface area contributed by atoms with Gasteiger partial charge in [0.2, 0.25) is 0 Å². The zero-order valence-corrected chi connectivity index (χ0v) is 13.7. The van der Waals surface area contributed by atoms with Crippen LogP contribution in [0.2, 0.25) is 0 Å². The highest BCUT2D eigenvalue weighted by Crippen LogP contribution is 2.13. The quantitative estimate of drug-likeness (QED) is 0.756. The van der Waals surface area contributed by atoms with Crippen molar-refractivity contribution < 1.29 is 4.79 Å². The Morgan fingerprint density at radius 1 is 1.12 bits per heavy atom. The summed E-state index contributed by atoms with van der Waals surface area (Å²) in [6.07, 6.45) is 5.47. The molecule has 0 bridgehead atoms. The molecule has 4 nitrogen and oxygen atoms in total. The van der Waals surface area contributed by atoms with Crippen molar-refractivity contribution in [3.63, 3.8) is 0 Å². The molecular formula is C20H21N3O. The van der Waals surface area contributed by atoms with Crippen LogP contribution in [0.3, 0.4) is 0 Å². The summed E-state index contributed by atoms with van der Waals surface area (Å²) in [7, 11) is 0. The first-order chi connectivity index (χ1) is 11.7. The van der Waals surface area contributed by atoms with Crippen LogP contribution in [0.4, 0.5) is 0 Å². The summed E-state index contributed by atoms with van der Waals surface area (Å²) in [6.45, 7) is 3.50. The number of carbonyl (C=O) groups excluding carboxylic acids is 1. The Kier molecular flexibility index (Phi) is 5.06. The van der Waals surface area contributed by atoms with E-state index in [-0.39, 0.29) is 11.8 Å². The van der Waals surface area contributed by atoms with E-state index in [1.807, 2.05) is 53.2 Å². The fourth-order valence-corrected chi connectivity index (χ4v) is 2.60. The Morgan fingerprint density at radius 2 is 1.88 bits per heavy atom. The van der Waals surface area contributed by atoms with Crippen molar-refractivity contribution in [3.05, 3.63) is 90.0 Å². The third-order valence-corrected chi connectivity index (χ3v) is 4.08. The molecule has 0 aliphatic heterocycles. The Balaban J connectivity index is 1.55. The van der Waals surface area contributed by atoms with Crippen molar-refractivity contribution in [2.45, 2.75) is 19.4 Å². The molecule has 0 fully saturated rings. The smallest absolute Gasteiger partial charge is 0.251 e. The van der Waals surface area contributed by atoms with E-state index in [9.17, 15) is 4.79 Å². The number of nitrogens with one attached hydrogen (secondary N) is 1. The number of hydrogen-bond donors (Lipinski definition) is 1. The zero-order valence-electron chi connectivity index (χ0n) is 13.7. The van der Waals surface area contributed by atoms with E-state index in [1.54, 1.807) is 12.5 Å². The first-order valence-corrected chi connectivity index (χ1v) is 8.10. The molecule has 0 spiro atoms. The minimum atomic E-state index is -0.0352. The summed E-state index contributed by atoms with van der Waals surface area (Å²) >= 11 is 0. The number of carbonyl (C=O) groups is 1. The van der Waals surface area contributed by atoms with Gasteiger partial charge in [0.05, 0.1) is 6.33 Å². The fraction of sp³-hybridized carbons (Fsp3) is 0.200. The number of rotatable bonds is 6. The predicted octanol–water partition coefficient (Wildman–Crippen LogP) is 3.46. The fourth-order valence-electron chi connectivity index (χ4n) is 2.60. The van der Waals surface area contributed by atoms with E-state index < -0.39 is 0 Å². The first kappa shape index (κ1) is 16.0. The van der Waals surface area contributed by atoms with E-state index >= 15 is 0 Å². The summed E-state index contributed by atoms with van der Waals surface area (Å²) in [4.78, 5) is 16.3. The van der Waals surface area contributed by atoms with E-state index in [1.165, 1.54) is 5.56 Å². The van der Waals surface area contributed by atoms with Crippen LogP contribution in [0.25, 0.3) is 0 Å². The van der Waals surface area contributed by atoms with Crippen LogP contribution in [0, 0.1) is 0 Å². The second-order valence-electron chi connectivity index (χ2n) is 5.95. The molecule has 122 valence electrons. The molecule has 0 saturated carbocycles. The van der Waals surface area contributed by atoms with Crippen molar-refractivity contribution in [3.8, 4) is 0 Å². The monoisotopic (exact) mass is 319 g/mol. The maximum atomic E-state index is 12.3. The summed E-state index contributed by atoms with van der Waals surface area (Å²) in [6, 6.07) is 17.9. The normalized spacial score (nSPS) is 11.9. The minimum absolute atomic E-state index is 0.0352. The summed E-state index contributed by atoms with van der Waals surface area (Å²) in [5.41, 5.74) is 3.06. The Hall–Kier alpha value is -2.88. The molecular weight excluding hydrogens is 298 g/mol. The molecule has 4 heteroatoms. The van der Waals surface area contributed by atoms with E-state index in [0.717, 1.165) is 12.1 Å². The second kappa shape index (κ2) is 7.59. The third-order valence-electron chi connectivity index (χ3n) is 4.08. The van der Waals surface area contributed by atoms with Crippen molar-refractivity contribution >= 4 is 5.91 Å². The van der Waals surface area contributed by atoms with Crippen molar-refractivity contribution in [1.82, 2.24) is 14.9 Å². The van der Waals surface area contributed by atoms with Crippen molar-refractivity contribution in [1.29, 1.82) is 0 Å². The van der Waals surface area contributed by atoms with Crippen LogP contribution in [0.5, 0.6) is 0 Å². The zero-order chi connectivity index (χ0) is 16.8. The molecule has 2 aromatic carbocycles. The molecule has 0 aliphatic rings. The van der Waals surface area contributed by atoms with Gasteiger partial charge < -0.3 is 9.88 Å². The van der Waals surface area contributed by atoms with Crippen molar-refractivity contribution in [2.24, 2.45) is 0 Å². The van der Waals surface area contributed by atoms with Crippen LogP contribution < -0.4 is 5.32 Å². The summed E-state index contributed by atoms with van der Waals surface area (Å²) in [5, 5.41) is 3.01. The highest BCUT2D eigenvalue weighted by atomic mass is 16.1. The first-order valence-electron chi connectivity index (χ1n) is 8.10. The van der Waals surface area contributed by atoms with Crippen LogP contribution in [0.15, 0.2) is 73.3 Å². The lowest BCUT2D eigenvalue weighted by Gasteiger charge is -2.13. The number of nitrogens with zero attached hydrogens (tertiary/aromatic N) is 2. The maximum absolute atomic E-state index is 12.3. The highest BCUT2D eigenvalue weighted by molar-refractivity contribution is 5.94. The molecule has 0 aliphatic carbocycles. The van der Waals surface area contributed by atoms with E-state index in [0.29, 0.717) is 12.1 Å². The van der Waals surface area contributed by atoms with Gasteiger partial charge in [0.15, 0.2) is 0 Å². The number of amides is 1. The molecule has 1 atom stereocenters. The van der Waals surface area contributed by atoms with Gasteiger partial charge in [-0.3, -0.25) is 4.79 Å². The molecule has 1 aromatic heterocycles. The molecule has 1 heterocycles. The number of hydrogen-bond acceptors (Lipinski definition) is 2. The van der Waals surface area contributed by atoms with Crippen LogP contribution >= 0.6 is 0 Å². The van der Waals surface area contributed by atoms with E-state index in [2.05, 4.69) is 29.4 Å². The molecule has 24 heavy (non-hydrogen) atoms. The van der Waals surface area contributed by atoms with Gasteiger partial charge in [0, 0.05) is 31.0 Å². The lowest BCUT2D eigenvalue weighted by atomic mass is 10.0. The molecule has 3 rings (SSSR count). The van der Waals surface area contributed by atoms with Gasteiger partial charge in [-0.2, -0.15) is 0 Å². The third kappa shape index (κ3) is 4.10. The second-order valence-corrected chi connectivity index (χ2v) is 5.95. The Morgan fingerprint density at radius 3 is 2.54 bits per heavy atom. The van der Waals surface area contributed by atoms with Crippen molar-refractivity contribution in [2.75, 3.05) is 6.54 Å². The molecule has 1 amide bonds. The SMILES string of the molecule is CC(CNC(=O)c1ccc(Cn2ccnc2)cc1)c1ccccc1. The molecule has 3 aromatic rings. The van der Waals surface area contributed by atoms with Gasteiger partial charge in [-0.25, -0.2) is 4.98 Å². The molecule has 1 N–H and O–H groups in total. The standard InChI is InChI=1S/C20H21N3O/c1-16(18-5-3-2-4-6-18)13-22-20(24)19-9-7-17(8-10-19)14-23-12-11-21-15-23/h2-12,15-16H,13-14H2,1H3,(H,22,24). The van der Waals surface area contributed by atoms with Gasteiger partial charge in [-0.05, 0) is 29.2 Å². The average Bonchev–Trinajstić information content (AvgIpc) is 3.14. The molecule has 0 saturated heterocycles. The van der Waals surface area contributed by atoms with Gasteiger partial charge in [0.25, 0.3) is 5.91 Å². The average molecular weight is 319 g/mol. The topological polar surface area (TPSA) is 46.9 Å².